The van der Waals surface area contributed by atoms with Gasteiger partial charge in [0.25, 0.3) is 0 Å². The first-order valence-electron chi connectivity index (χ1n) is 5.71. The highest BCUT2D eigenvalue weighted by Gasteiger charge is 2.02. The Morgan fingerprint density at radius 3 is 2.75 bits per heavy atom. The molecule has 0 fully saturated rings. The predicted octanol–water partition coefficient (Wildman–Crippen LogP) is 3.69. The van der Waals surface area contributed by atoms with Gasteiger partial charge in [-0.3, -0.25) is 0 Å². The van der Waals surface area contributed by atoms with E-state index in [4.69, 9.17) is 5.26 Å². The van der Waals surface area contributed by atoms with Crippen LogP contribution in [0.25, 0.3) is 0 Å². The summed E-state index contributed by atoms with van der Waals surface area (Å²) >= 11 is 0. The van der Waals surface area contributed by atoms with Gasteiger partial charge in [0.05, 0.1) is 17.3 Å². The van der Waals surface area contributed by atoms with Crippen LogP contribution in [0.1, 0.15) is 38.2 Å². The first-order valence-corrected chi connectivity index (χ1v) is 5.71. The lowest BCUT2D eigenvalue weighted by atomic mass is 10.2. The van der Waals surface area contributed by atoms with Crippen molar-refractivity contribution in [2.45, 2.75) is 32.6 Å². The topological polar surface area (TPSA) is 35.8 Å². The minimum atomic E-state index is -0.352. The minimum Gasteiger partial charge on any atom is -0.383 e. The summed E-state index contributed by atoms with van der Waals surface area (Å²) in [4.78, 5) is 0. The summed E-state index contributed by atoms with van der Waals surface area (Å²) < 4.78 is 13.4. The largest absolute Gasteiger partial charge is 0.383 e. The lowest BCUT2D eigenvalue weighted by molar-refractivity contribution is 0.627. The lowest BCUT2D eigenvalue weighted by Gasteiger charge is -2.07. The molecule has 0 saturated carbocycles. The van der Waals surface area contributed by atoms with Crippen LogP contribution in [-0.2, 0) is 0 Å². The Balaban J connectivity index is 2.40. The number of hydrogen-bond acceptors (Lipinski definition) is 2. The molecule has 0 saturated heterocycles. The molecule has 0 aromatic heterocycles. The van der Waals surface area contributed by atoms with Crippen LogP contribution in [0.4, 0.5) is 10.1 Å². The minimum absolute atomic E-state index is 0.352. The number of nitriles is 1. The lowest BCUT2D eigenvalue weighted by Crippen LogP contribution is -2.03. The Kier molecular flexibility index (Phi) is 5.35. The third-order valence-corrected chi connectivity index (χ3v) is 2.44. The van der Waals surface area contributed by atoms with Gasteiger partial charge in [0, 0.05) is 6.54 Å². The third-order valence-electron chi connectivity index (χ3n) is 2.44. The fourth-order valence-electron chi connectivity index (χ4n) is 1.50. The Morgan fingerprint density at radius 2 is 2.12 bits per heavy atom. The zero-order chi connectivity index (χ0) is 11.8. The number of rotatable bonds is 6. The highest BCUT2D eigenvalue weighted by Crippen LogP contribution is 2.15. The number of anilines is 1. The second-order valence-corrected chi connectivity index (χ2v) is 3.79. The molecule has 86 valence electrons. The normalized spacial score (nSPS) is 9.81. The standard InChI is InChI=1S/C13H17FN2/c1-2-3-4-5-8-16-13-7-6-11(10-15)9-12(13)14/h6-7,9,16H,2-5,8H2,1H3. The summed E-state index contributed by atoms with van der Waals surface area (Å²) in [6.07, 6.45) is 4.64. The molecule has 1 aromatic rings. The van der Waals surface area contributed by atoms with E-state index in [0.717, 1.165) is 13.0 Å². The van der Waals surface area contributed by atoms with E-state index in [2.05, 4.69) is 12.2 Å². The first-order chi connectivity index (χ1) is 7.77. The quantitative estimate of drug-likeness (QED) is 0.742. The number of halogens is 1. The van der Waals surface area contributed by atoms with Crippen molar-refractivity contribution in [2.24, 2.45) is 0 Å². The predicted molar refractivity (Wildman–Crippen MR) is 63.7 cm³/mol. The molecule has 2 nitrogen and oxygen atoms in total. The van der Waals surface area contributed by atoms with Gasteiger partial charge in [-0.2, -0.15) is 5.26 Å². The van der Waals surface area contributed by atoms with Crippen molar-refractivity contribution < 1.29 is 4.39 Å². The molecule has 0 aliphatic carbocycles. The van der Waals surface area contributed by atoms with Crippen LogP contribution in [0.3, 0.4) is 0 Å². The molecule has 0 atom stereocenters. The zero-order valence-corrected chi connectivity index (χ0v) is 9.59. The average molecular weight is 220 g/mol. The summed E-state index contributed by atoms with van der Waals surface area (Å²) in [6, 6.07) is 6.41. The monoisotopic (exact) mass is 220 g/mol. The van der Waals surface area contributed by atoms with Crippen LogP contribution in [0.5, 0.6) is 0 Å². The molecule has 16 heavy (non-hydrogen) atoms. The maximum Gasteiger partial charge on any atom is 0.147 e. The van der Waals surface area contributed by atoms with Crippen LogP contribution in [0.15, 0.2) is 18.2 Å². The number of unbranched alkanes of at least 4 members (excludes halogenated alkanes) is 3. The molecule has 0 bridgehead atoms. The summed E-state index contributed by atoms with van der Waals surface area (Å²) in [5.41, 5.74) is 0.838. The van der Waals surface area contributed by atoms with Crippen LogP contribution >= 0.6 is 0 Å². The van der Waals surface area contributed by atoms with Crippen molar-refractivity contribution in [3.63, 3.8) is 0 Å². The van der Waals surface area contributed by atoms with Gasteiger partial charge in [-0.25, -0.2) is 4.39 Å². The molecule has 0 amide bonds. The molecule has 0 heterocycles. The van der Waals surface area contributed by atoms with Gasteiger partial charge in [-0.05, 0) is 24.6 Å². The highest BCUT2D eigenvalue weighted by atomic mass is 19.1. The maximum atomic E-state index is 13.4. The van der Waals surface area contributed by atoms with Crippen molar-refractivity contribution in [1.82, 2.24) is 0 Å². The van der Waals surface area contributed by atoms with Gasteiger partial charge >= 0.3 is 0 Å². The Labute approximate surface area is 96.1 Å². The second-order valence-electron chi connectivity index (χ2n) is 3.79. The van der Waals surface area contributed by atoms with Gasteiger partial charge in [0.2, 0.25) is 0 Å². The summed E-state index contributed by atoms with van der Waals surface area (Å²) in [7, 11) is 0. The number of hydrogen-bond donors (Lipinski definition) is 1. The SMILES string of the molecule is CCCCCCNc1ccc(C#N)cc1F. The zero-order valence-electron chi connectivity index (χ0n) is 9.59. The van der Waals surface area contributed by atoms with E-state index >= 15 is 0 Å². The van der Waals surface area contributed by atoms with Crippen LogP contribution in [0, 0.1) is 17.1 Å². The Bertz CT molecular complexity index is 369. The molecule has 1 aromatic carbocycles. The fourth-order valence-corrected chi connectivity index (χ4v) is 1.50. The number of benzene rings is 1. The van der Waals surface area contributed by atoms with Crippen LogP contribution < -0.4 is 5.32 Å². The van der Waals surface area contributed by atoms with Crippen LogP contribution in [-0.4, -0.2) is 6.54 Å². The van der Waals surface area contributed by atoms with E-state index in [1.54, 1.807) is 12.1 Å². The van der Waals surface area contributed by atoms with Gasteiger partial charge in [-0.15, -0.1) is 0 Å². The summed E-state index contributed by atoms with van der Waals surface area (Å²) in [6.45, 7) is 2.94. The van der Waals surface area contributed by atoms with Crippen LogP contribution in [0.2, 0.25) is 0 Å². The van der Waals surface area contributed by atoms with Crippen molar-refractivity contribution in [1.29, 1.82) is 5.26 Å². The summed E-state index contributed by atoms with van der Waals surface area (Å²) in [5, 5.41) is 11.6. The van der Waals surface area contributed by atoms with E-state index in [9.17, 15) is 4.39 Å². The van der Waals surface area contributed by atoms with E-state index in [-0.39, 0.29) is 5.82 Å². The van der Waals surface area contributed by atoms with Crippen molar-refractivity contribution in [3.05, 3.63) is 29.6 Å². The maximum absolute atomic E-state index is 13.4. The molecular weight excluding hydrogens is 203 g/mol. The van der Waals surface area contributed by atoms with Gasteiger partial charge < -0.3 is 5.32 Å². The molecule has 1 N–H and O–H groups in total. The Hall–Kier alpha value is -1.56. The molecule has 0 aliphatic rings. The van der Waals surface area contributed by atoms with E-state index in [1.165, 1.54) is 25.3 Å². The summed E-state index contributed by atoms with van der Waals surface area (Å²) in [5.74, 6) is -0.352. The highest BCUT2D eigenvalue weighted by molar-refractivity contribution is 5.48. The van der Waals surface area contributed by atoms with Gasteiger partial charge in [0.15, 0.2) is 0 Å². The fraction of sp³-hybridized carbons (Fsp3) is 0.462. The Morgan fingerprint density at radius 1 is 1.31 bits per heavy atom. The number of nitrogens with one attached hydrogen (secondary N) is 1. The molecule has 0 radical (unpaired) electrons. The van der Waals surface area contributed by atoms with E-state index < -0.39 is 0 Å². The van der Waals surface area contributed by atoms with Crippen molar-refractivity contribution in [3.8, 4) is 6.07 Å². The molecule has 0 unspecified atom stereocenters. The van der Waals surface area contributed by atoms with E-state index in [0.29, 0.717) is 11.3 Å². The second kappa shape index (κ2) is 6.84. The van der Waals surface area contributed by atoms with E-state index in [1.807, 2.05) is 6.07 Å². The molecule has 0 aliphatic heterocycles. The molecule has 0 spiro atoms. The molecule has 1 rings (SSSR count). The van der Waals surface area contributed by atoms with Crippen molar-refractivity contribution >= 4 is 5.69 Å². The van der Waals surface area contributed by atoms with Gasteiger partial charge in [-0.1, -0.05) is 26.2 Å². The van der Waals surface area contributed by atoms with Crippen molar-refractivity contribution in [2.75, 3.05) is 11.9 Å². The number of nitrogens with zero attached hydrogens (tertiary/aromatic N) is 1. The smallest absolute Gasteiger partial charge is 0.147 e. The molecular formula is C13H17FN2. The van der Waals surface area contributed by atoms with Gasteiger partial charge in [0.1, 0.15) is 5.82 Å². The molecule has 3 heteroatoms. The average Bonchev–Trinajstić information content (AvgIpc) is 2.30. The first kappa shape index (κ1) is 12.5. The third kappa shape index (κ3) is 3.90.